The molecule has 0 unspecified atom stereocenters. The molecule has 0 bridgehead atoms. The van der Waals surface area contributed by atoms with Crippen molar-refractivity contribution in [1.82, 2.24) is 29.8 Å². The van der Waals surface area contributed by atoms with Gasteiger partial charge in [-0.2, -0.15) is 9.50 Å². The molecule has 1 saturated carbocycles. The Hall–Kier alpha value is -6.49. The van der Waals surface area contributed by atoms with Gasteiger partial charge in [-0.1, -0.05) is 24.3 Å². The second-order valence-electron chi connectivity index (χ2n) is 15.0. The number of hydrogen-bond acceptors (Lipinski definition) is 12. The van der Waals surface area contributed by atoms with Gasteiger partial charge >= 0.3 is 0 Å². The minimum Gasteiger partial charge on any atom is -0.485 e. The van der Waals surface area contributed by atoms with E-state index in [2.05, 4.69) is 25.7 Å². The molecule has 15 nitrogen and oxygen atoms in total. The van der Waals surface area contributed by atoms with Gasteiger partial charge < -0.3 is 36.2 Å². The third-order valence-electron chi connectivity index (χ3n) is 10.7. The van der Waals surface area contributed by atoms with Crippen molar-refractivity contribution in [2.45, 2.75) is 80.4 Å². The SMILES string of the molecule is CNC(=O)CC[C@H](C=O)N1Cc2cc(C3CC(Cc4cccc(S(=O)(=O)c5ccc(Nc6nc7c(OC(C)C)c(/C(C=N)=C/N)ncn7n6)c(F)c5)c4)C3)ccc2C1=O. The molecule has 2 aromatic heterocycles. The number of aldehydes is 1. The zero-order valence-corrected chi connectivity index (χ0v) is 33.5. The molecule has 3 aromatic carbocycles. The summed E-state index contributed by atoms with van der Waals surface area (Å²) in [6.07, 6.45) is 6.93. The number of hydrogen-bond donors (Lipinski definition) is 4. The number of sulfone groups is 1. The molecule has 59 heavy (non-hydrogen) atoms. The maximum absolute atomic E-state index is 15.5. The average Bonchev–Trinajstić information content (AvgIpc) is 3.77. The Morgan fingerprint density at radius 1 is 1.12 bits per heavy atom. The van der Waals surface area contributed by atoms with Gasteiger partial charge in [0.25, 0.3) is 5.91 Å². The van der Waals surface area contributed by atoms with E-state index in [4.69, 9.17) is 15.9 Å². The lowest BCUT2D eigenvalue weighted by Gasteiger charge is -2.36. The van der Waals surface area contributed by atoms with Crippen LogP contribution in [0.1, 0.15) is 78.2 Å². The van der Waals surface area contributed by atoms with E-state index in [1.54, 1.807) is 12.1 Å². The first-order chi connectivity index (χ1) is 28.3. The zero-order chi connectivity index (χ0) is 42.0. The molecule has 7 rings (SSSR count). The molecule has 5 N–H and O–H groups in total. The Morgan fingerprint density at radius 3 is 2.59 bits per heavy atom. The molecular weight excluding hydrogens is 778 g/mol. The summed E-state index contributed by atoms with van der Waals surface area (Å²) < 4.78 is 50.3. The van der Waals surface area contributed by atoms with E-state index in [-0.39, 0.29) is 75.2 Å². The predicted octanol–water partition coefficient (Wildman–Crippen LogP) is 5.36. The van der Waals surface area contributed by atoms with Gasteiger partial charge in [0, 0.05) is 43.6 Å². The number of aromatic nitrogens is 4. The summed E-state index contributed by atoms with van der Waals surface area (Å²) in [5.41, 5.74) is 9.88. The first-order valence-corrected chi connectivity index (χ1v) is 20.7. The van der Waals surface area contributed by atoms with Gasteiger partial charge in [0.2, 0.25) is 27.3 Å². The monoisotopic (exact) mass is 821 g/mol. The number of ether oxygens (including phenoxy) is 1. The van der Waals surface area contributed by atoms with Crippen molar-refractivity contribution in [1.29, 1.82) is 5.41 Å². The molecule has 1 atom stereocenters. The fourth-order valence-corrected chi connectivity index (χ4v) is 8.93. The minimum atomic E-state index is -4.08. The number of fused-ring (bicyclic) bond motifs is 2. The normalized spacial score (nSPS) is 17.1. The van der Waals surface area contributed by atoms with Gasteiger partial charge in [0.05, 0.1) is 27.6 Å². The Bertz CT molecular complexity index is 2600. The first kappa shape index (κ1) is 40.7. The summed E-state index contributed by atoms with van der Waals surface area (Å²) in [6, 6.07) is 15.5. The highest BCUT2D eigenvalue weighted by atomic mass is 32.2. The number of nitrogens with zero attached hydrogens (tertiary/aromatic N) is 5. The maximum atomic E-state index is 15.5. The van der Waals surface area contributed by atoms with Crippen LogP contribution in [0.15, 0.2) is 83.0 Å². The maximum Gasteiger partial charge on any atom is 0.255 e. The lowest BCUT2D eigenvalue weighted by Crippen LogP contribution is -2.37. The lowest BCUT2D eigenvalue weighted by atomic mass is 9.69. The highest BCUT2D eigenvalue weighted by molar-refractivity contribution is 7.91. The van der Waals surface area contributed by atoms with Crippen molar-refractivity contribution in [2.75, 3.05) is 12.4 Å². The summed E-state index contributed by atoms with van der Waals surface area (Å²) in [4.78, 5) is 46.8. The van der Waals surface area contributed by atoms with Crippen LogP contribution in [0.3, 0.4) is 0 Å². The molecule has 2 aliphatic rings. The number of allylic oxidation sites excluding steroid dienone is 1. The quantitative estimate of drug-likeness (QED) is 0.0734. The van der Waals surface area contributed by atoms with Crippen LogP contribution >= 0.6 is 0 Å². The smallest absolute Gasteiger partial charge is 0.255 e. The molecule has 2 amide bonds. The third kappa shape index (κ3) is 8.28. The molecule has 3 heterocycles. The molecule has 1 aliphatic carbocycles. The number of carbonyl (C=O) groups excluding carboxylic acids is 3. The van der Waals surface area contributed by atoms with Crippen molar-refractivity contribution < 1.29 is 31.9 Å². The number of anilines is 2. The molecule has 5 aromatic rings. The van der Waals surface area contributed by atoms with Gasteiger partial charge in [-0.05, 0) is 104 Å². The fraction of sp³-hybridized carbons (Fsp3) is 0.310. The highest BCUT2D eigenvalue weighted by Crippen LogP contribution is 2.44. The first-order valence-electron chi connectivity index (χ1n) is 19.2. The van der Waals surface area contributed by atoms with Gasteiger partial charge in [-0.3, -0.25) is 9.59 Å². The van der Waals surface area contributed by atoms with Crippen LogP contribution in [0.4, 0.5) is 16.0 Å². The average molecular weight is 822 g/mol. The van der Waals surface area contributed by atoms with Crippen molar-refractivity contribution in [3.05, 3.63) is 107 Å². The van der Waals surface area contributed by atoms with Crippen LogP contribution < -0.4 is 21.1 Å². The van der Waals surface area contributed by atoms with E-state index in [0.717, 1.165) is 48.1 Å². The van der Waals surface area contributed by atoms with E-state index < -0.39 is 21.7 Å². The van der Waals surface area contributed by atoms with E-state index in [1.165, 1.54) is 47.2 Å². The fourth-order valence-electron chi connectivity index (χ4n) is 7.59. The van der Waals surface area contributed by atoms with Gasteiger partial charge in [0.1, 0.15) is 24.1 Å². The number of halogens is 1. The zero-order valence-electron chi connectivity index (χ0n) is 32.7. The van der Waals surface area contributed by atoms with Crippen LogP contribution in [-0.4, -0.2) is 76.4 Å². The summed E-state index contributed by atoms with van der Waals surface area (Å²) in [5, 5.41) is 17.4. The van der Waals surface area contributed by atoms with Gasteiger partial charge in [0.15, 0.2) is 5.75 Å². The number of nitrogens with one attached hydrogen (secondary N) is 3. The Balaban J connectivity index is 0.996. The highest BCUT2D eigenvalue weighted by Gasteiger charge is 2.36. The van der Waals surface area contributed by atoms with E-state index in [0.29, 0.717) is 30.0 Å². The van der Waals surface area contributed by atoms with Crippen LogP contribution in [0.25, 0.3) is 11.2 Å². The van der Waals surface area contributed by atoms with Gasteiger partial charge in [-0.25, -0.2) is 17.8 Å². The molecular formula is C42H44FN9O6S. The summed E-state index contributed by atoms with van der Waals surface area (Å²) in [7, 11) is -2.54. The van der Waals surface area contributed by atoms with Crippen LogP contribution in [-0.2, 0) is 32.4 Å². The standard InChI is InChI=1S/C42H44FN9O6S/c1-24(2)58-39-38(30(19-44)20-45)47-23-52-40(39)49-42(50-52)48-36-11-9-33(18-35(36)43)59(56,57)32-6-4-5-25(16-32)13-26-14-28(15-26)27-7-10-34-29(17-27)21-51(41(34)55)31(22-53)8-12-37(54)46-3/h4-7,9-11,16-20,22-24,26,28,31,44H,8,12-15,21,45H2,1-3H3,(H,46,54)(H,48,50)/b30-20+,44-19?/t26?,28?,31-/m1/s1. The number of benzene rings is 3. The molecule has 0 radical (unpaired) electrons. The number of carbonyl (C=O) groups is 3. The lowest BCUT2D eigenvalue weighted by molar-refractivity contribution is -0.121. The van der Waals surface area contributed by atoms with Crippen LogP contribution in [0, 0.1) is 17.1 Å². The summed E-state index contributed by atoms with van der Waals surface area (Å²) in [5.74, 6) is -0.397. The summed E-state index contributed by atoms with van der Waals surface area (Å²) in [6.45, 7) is 3.94. The Labute approximate surface area is 340 Å². The molecule has 17 heteroatoms. The van der Waals surface area contributed by atoms with Crippen LogP contribution in [0.5, 0.6) is 5.75 Å². The molecule has 306 valence electrons. The van der Waals surface area contributed by atoms with Crippen LogP contribution in [0.2, 0.25) is 0 Å². The van der Waals surface area contributed by atoms with Crippen molar-refractivity contribution in [2.24, 2.45) is 11.7 Å². The van der Waals surface area contributed by atoms with Crippen molar-refractivity contribution in [3.8, 4) is 5.75 Å². The van der Waals surface area contributed by atoms with Crippen molar-refractivity contribution >= 4 is 57.0 Å². The van der Waals surface area contributed by atoms with E-state index in [1.807, 2.05) is 38.1 Å². The second kappa shape index (κ2) is 16.8. The summed E-state index contributed by atoms with van der Waals surface area (Å²) >= 11 is 0. The molecule has 0 spiro atoms. The number of nitrogens with two attached hydrogens (primary N) is 1. The predicted molar refractivity (Wildman–Crippen MR) is 218 cm³/mol. The topological polar surface area (TPSA) is 215 Å². The number of amides is 2. The molecule has 1 aliphatic heterocycles. The molecule has 0 saturated heterocycles. The second-order valence-corrected chi connectivity index (χ2v) is 16.9. The Kier molecular flexibility index (Phi) is 11.6. The minimum absolute atomic E-state index is 0.00253. The molecule has 1 fully saturated rings. The van der Waals surface area contributed by atoms with E-state index >= 15 is 4.39 Å². The van der Waals surface area contributed by atoms with Gasteiger partial charge in [-0.15, -0.1) is 5.10 Å². The number of rotatable bonds is 16. The van der Waals surface area contributed by atoms with Crippen molar-refractivity contribution in [3.63, 3.8) is 0 Å². The van der Waals surface area contributed by atoms with E-state index in [9.17, 15) is 22.8 Å². The Morgan fingerprint density at radius 2 is 1.90 bits per heavy atom. The third-order valence-corrected chi connectivity index (χ3v) is 12.5. The largest absolute Gasteiger partial charge is 0.485 e.